The number of amides is 1. The second-order valence-corrected chi connectivity index (χ2v) is 8.48. The van der Waals surface area contributed by atoms with Crippen LogP contribution in [0.1, 0.15) is 22.0 Å². The first-order valence-electron chi connectivity index (χ1n) is 10.1. The number of aromatic nitrogens is 1. The second-order valence-electron chi connectivity index (χ2n) is 7.19. The van der Waals surface area contributed by atoms with E-state index < -0.39 is 0 Å². The van der Waals surface area contributed by atoms with Crippen molar-refractivity contribution >= 4 is 28.9 Å². The number of hydrogen-bond donors (Lipinski definition) is 2. The van der Waals surface area contributed by atoms with E-state index in [1.165, 1.54) is 17.0 Å². The van der Waals surface area contributed by atoms with Gasteiger partial charge in [-0.2, -0.15) is 0 Å². The van der Waals surface area contributed by atoms with E-state index in [0.717, 1.165) is 29.5 Å². The normalized spacial score (nSPS) is 14.7. The Morgan fingerprint density at radius 1 is 1.17 bits per heavy atom. The van der Waals surface area contributed by atoms with Gasteiger partial charge in [-0.1, -0.05) is 0 Å². The smallest absolute Gasteiger partial charge is 0.224 e. The summed E-state index contributed by atoms with van der Waals surface area (Å²) in [4.78, 5) is 26.4. The number of halogens is 1. The van der Waals surface area contributed by atoms with E-state index in [4.69, 9.17) is 0 Å². The summed E-state index contributed by atoms with van der Waals surface area (Å²) in [6.45, 7) is 8.04. The molecule has 0 bridgehead atoms. The van der Waals surface area contributed by atoms with Gasteiger partial charge in [0.2, 0.25) is 5.91 Å². The highest BCUT2D eigenvalue weighted by Crippen LogP contribution is 2.17. The summed E-state index contributed by atoms with van der Waals surface area (Å²) >= 11 is 1.67. The van der Waals surface area contributed by atoms with Gasteiger partial charge in [0.1, 0.15) is 5.82 Å². The molecule has 1 aromatic carbocycles. The van der Waals surface area contributed by atoms with Gasteiger partial charge in [0.05, 0.1) is 17.2 Å². The standard InChI is InChI=1S/C21H29FN6OS/c1-15-19(30-16(2)26-15)14-25-21(23-3)24-9-8-20(29)28-12-10-27(11-13-28)18-6-4-17(22)5-7-18/h4-7H,8-14H2,1-3H3,(H2,23,24,25). The maximum Gasteiger partial charge on any atom is 0.224 e. The van der Waals surface area contributed by atoms with Crippen LogP contribution in [0, 0.1) is 19.7 Å². The molecule has 7 nitrogen and oxygen atoms in total. The van der Waals surface area contributed by atoms with Crippen LogP contribution < -0.4 is 15.5 Å². The number of anilines is 1. The van der Waals surface area contributed by atoms with Gasteiger partial charge in [-0.15, -0.1) is 11.3 Å². The molecule has 0 atom stereocenters. The minimum Gasteiger partial charge on any atom is -0.368 e. The number of rotatable bonds is 6. The lowest BCUT2D eigenvalue weighted by Crippen LogP contribution is -2.49. The van der Waals surface area contributed by atoms with Crippen LogP contribution in [0.4, 0.5) is 10.1 Å². The van der Waals surface area contributed by atoms with E-state index >= 15 is 0 Å². The third kappa shape index (κ3) is 5.91. The molecular weight excluding hydrogens is 403 g/mol. The van der Waals surface area contributed by atoms with Crippen LogP contribution in [0.5, 0.6) is 0 Å². The maximum absolute atomic E-state index is 13.1. The monoisotopic (exact) mass is 432 g/mol. The Bertz CT molecular complexity index is 874. The Morgan fingerprint density at radius 3 is 2.47 bits per heavy atom. The third-order valence-corrected chi connectivity index (χ3v) is 6.17. The molecule has 1 aliphatic rings. The maximum atomic E-state index is 13.1. The highest BCUT2D eigenvalue weighted by molar-refractivity contribution is 7.11. The number of nitrogens with zero attached hydrogens (tertiary/aromatic N) is 4. The van der Waals surface area contributed by atoms with Crippen molar-refractivity contribution in [1.29, 1.82) is 0 Å². The fourth-order valence-corrected chi connectivity index (χ4v) is 4.31. The van der Waals surface area contributed by atoms with Crippen LogP contribution in [-0.4, -0.2) is 61.5 Å². The Labute approximate surface area is 181 Å². The molecule has 30 heavy (non-hydrogen) atoms. The largest absolute Gasteiger partial charge is 0.368 e. The van der Waals surface area contributed by atoms with E-state index in [9.17, 15) is 9.18 Å². The average molecular weight is 433 g/mol. The van der Waals surface area contributed by atoms with E-state index in [2.05, 4.69) is 25.5 Å². The van der Waals surface area contributed by atoms with Crippen molar-refractivity contribution in [2.24, 2.45) is 4.99 Å². The lowest BCUT2D eigenvalue weighted by molar-refractivity contribution is -0.131. The van der Waals surface area contributed by atoms with Crippen molar-refractivity contribution in [3.05, 3.63) is 45.7 Å². The van der Waals surface area contributed by atoms with Crippen LogP contribution >= 0.6 is 11.3 Å². The Morgan fingerprint density at radius 2 is 1.87 bits per heavy atom. The molecule has 0 radical (unpaired) electrons. The molecule has 2 aromatic rings. The zero-order valence-corrected chi connectivity index (χ0v) is 18.6. The van der Waals surface area contributed by atoms with Crippen molar-refractivity contribution in [1.82, 2.24) is 20.5 Å². The van der Waals surface area contributed by atoms with Gasteiger partial charge in [-0.3, -0.25) is 9.79 Å². The number of guanidine groups is 1. The lowest BCUT2D eigenvalue weighted by atomic mass is 10.2. The number of carbonyl (C=O) groups is 1. The fraction of sp³-hybridized carbons (Fsp3) is 0.476. The first-order valence-corrected chi connectivity index (χ1v) is 10.9. The molecule has 0 spiro atoms. The second kappa shape index (κ2) is 10.4. The van der Waals surface area contributed by atoms with Crippen molar-refractivity contribution < 1.29 is 9.18 Å². The molecule has 0 aliphatic carbocycles. The minimum absolute atomic E-state index is 0.130. The van der Waals surface area contributed by atoms with Crippen molar-refractivity contribution in [2.45, 2.75) is 26.8 Å². The quantitative estimate of drug-likeness (QED) is 0.541. The number of carbonyl (C=O) groups excluding carboxylic acids is 1. The van der Waals surface area contributed by atoms with Gasteiger partial charge >= 0.3 is 0 Å². The summed E-state index contributed by atoms with van der Waals surface area (Å²) in [5.41, 5.74) is 2.03. The number of piperazine rings is 1. The molecule has 1 fully saturated rings. The molecule has 0 saturated carbocycles. The number of thiazole rings is 1. The molecule has 1 aliphatic heterocycles. The van der Waals surface area contributed by atoms with Gasteiger partial charge < -0.3 is 20.4 Å². The van der Waals surface area contributed by atoms with Gasteiger partial charge in [-0.05, 0) is 38.1 Å². The molecule has 1 amide bonds. The van der Waals surface area contributed by atoms with Crippen LogP contribution in [0.3, 0.4) is 0 Å². The van der Waals surface area contributed by atoms with Gasteiger partial charge in [0.15, 0.2) is 5.96 Å². The zero-order chi connectivity index (χ0) is 21.5. The molecule has 3 rings (SSSR count). The number of benzene rings is 1. The summed E-state index contributed by atoms with van der Waals surface area (Å²) < 4.78 is 13.1. The lowest BCUT2D eigenvalue weighted by Gasteiger charge is -2.36. The zero-order valence-electron chi connectivity index (χ0n) is 17.7. The average Bonchev–Trinajstić information content (AvgIpc) is 3.08. The van der Waals surface area contributed by atoms with Gasteiger partial charge in [-0.25, -0.2) is 9.37 Å². The molecule has 2 heterocycles. The van der Waals surface area contributed by atoms with Crippen molar-refractivity contribution in [2.75, 3.05) is 44.7 Å². The van der Waals surface area contributed by atoms with E-state index in [1.807, 2.05) is 18.7 Å². The molecule has 1 aromatic heterocycles. The molecule has 0 unspecified atom stereocenters. The number of hydrogen-bond acceptors (Lipinski definition) is 5. The molecular formula is C21H29FN6OS. The van der Waals surface area contributed by atoms with Crippen LogP contribution in [0.15, 0.2) is 29.3 Å². The first-order chi connectivity index (χ1) is 14.5. The number of nitrogens with one attached hydrogen (secondary N) is 2. The SMILES string of the molecule is CN=C(NCCC(=O)N1CCN(c2ccc(F)cc2)CC1)NCc1sc(C)nc1C. The Balaban J connectivity index is 1.38. The predicted octanol–water partition coefficient (Wildman–Crippen LogP) is 2.30. The van der Waals surface area contributed by atoms with E-state index in [-0.39, 0.29) is 11.7 Å². The number of aliphatic imine (C=N–C) groups is 1. The van der Waals surface area contributed by atoms with Crippen molar-refractivity contribution in [3.63, 3.8) is 0 Å². The van der Waals surface area contributed by atoms with Crippen molar-refractivity contribution in [3.8, 4) is 0 Å². The Kier molecular flexibility index (Phi) is 7.62. The number of aryl methyl sites for hydroxylation is 2. The van der Waals surface area contributed by atoms with Gasteiger partial charge in [0, 0.05) is 56.8 Å². The predicted molar refractivity (Wildman–Crippen MR) is 120 cm³/mol. The summed E-state index contributed by atoms with van der Waals surface area (Å²) in [5, 5.41) is 7.53. The minimum atomic E-state index is -0.234. The topological polar surface area (TPSA) is 72.9 Å². The van der Waals surface area contributed by atoms with Crippen LogP contribution in [0.2, 0.25) is 0 Å². The summed E-state index contributed by atoms with van der Waals surface area (Å²) in [5.74, 6) is 0.571. The first kappa shape index (κ1) is 22.0. The third-order valence-electron chi connectivity index (χ3n) is 5.10. The summed E-state index contributed by atoms with van der Waals surface area (Å²) in [7, 11) is 1.72. The van der Waals surface area contributed by atoms with E-state index in [0.29, 0.717) is 38.6 Å². The molecule has 9 heteroatoms. The molecule has 2 N–H and O–H groups in total. The fourth-order valence-electron chi connectivity index (χ4n) is 3.43. The van der Waals surface area contributed by atoms with Crippen LogP contribution in [-0.2, 0) is 11.3 Å². The van der Waals surface area contributed by atoms with Gasteiger partial charge in [0.25, 0.3) is 0 Å². The Hall–Kier alpha value is -2.68. The molecule has 162 valence electrons. The summed E-state index contributed by atoms with van der Waals surface area (Å²) in [6, 6.07) is 6.50. The summed E-state index contributed by atoms with van der Waals surface area (Å²) in [6.07, 6.45) is 0.413. The molecule has 1 saturated heterocycles. The van der Waals surface area contributed by atoms with Crippen LogP contribution in [0.25, 0.3) is 0 Å². The highest BCUT2D eigenvalue weighted by Gasteiger charge is 2.21. The highest BCUT2D eigenvalue weighted by atomic mass is 32.1. The van der Waals surface area contributed by atoms with E-state index in [1.54, 1.807) is 30.5 Å².